The maximum Gasteiger partial charge on any atom is 0.407 e. The van der Waals surface area contributed by atoms with E-state index in [1.165, 1.54) is 0 Å². The van der Waals surface area contributed by atoms with Crippen LogP contribution in [0.15, 0.2) is 78.9 Å². The fraction of sp³-hybridized carbons (Fsp3) is 0.222. The number of amides is 2. The lowest BCUT2D eigenvalue weighted by Crippen LogP contribution is -2.40. The number of nitrogens with one attached hydrogen (secondary N) is 2. The summed E-state index contributed by atoms with van der Waals surface area (Å²) < 4.78 is 5.50. The highest BCUT2D eigenvalue weighted by molar-refractivity contribution is 5.85. The lowest BCUT2D eigenvalue weighted by atomic mass is 9.98. The first-order chi connectivity index (χ1) is 16.4. The van der Waals surface area contributed by atoms with Gasteiger partial charge in [0.15, 0.2) is 6.04 Å². The molecule has 3 aromatic rings. The van der Waals surface area contributed by atoms with Crippen LogP contribution in [0.4, 0.5) is 4.79 Å². The van der Waals surface area contributed by atoms with Gasteiger partial charge in [0.05, 0.1) is 0 Å². The Labute approximate surface area is 197 Å². The fourth-order valence-electron chi connectivity index (χ4n) is 4.32. The van der Waals surface area contributed by atoms with Crippen LogP contribution >= 0.6 is 0 Å². The van der Waals surface area contributed by atoms with E-state index in [1.807, 2.05) is 36.4 Å². The van der Waals surface area contributed by atoms with Crippen LogP contribution in [-0.4, -0.2) is 35.7 Å². The van der Waals surface area contributed by atoms with E-state index in [9.17, 15) is 19.5 Å². The molecule has 34 heavy (non-hydrogen) atoms. The number of carbonyl (C=O) groups excluding carboxylic acids is 2. The first-order valence-electron chi connectivity index (χ1n) is 11.1. The van der Waals surface area contributed by atoms with E-state index in [0.717, 1.165) is 22.3 Å². The summed E-state index contributed by atoms with van der Waals surface area (Å²) in [7, 11) is 0. The molecule has 174 valence electrons. The molecule has 0 radical (unpaired) electrons. The molecule has 2 atom stereocenters. The van der Waals surface area contributed by atoms with Gasteiger partial charge in [0.1, 0.15) is 6.61 Å². The van der Waals surface area contributed by atoms with Crippen molar-refractivity contribution >= 4 is 18.0 Å². The monoisotopic (exact) mass is 458 g/mol. The summed E-state index contributed by atoms with van der Waals surface area (Å²) in [6.45, 7) is 1.84. The van der Waals surface area contributed by atoms with Crippen LogP contribution in [0.2, 0.25) is 0 Å². The summed E-state index contributed by atoms with van der Waals surface area (Å²) in [6.07, 6.45) is -0.708. The van der Waals surface area contributed by atoms with Crippen molar-refractivity contribution < 1.29 is 24.2 Å². The van der Waals surface area contributed by atoms with Crippen LogP contribution in [0.25, 0.3) is 11.1 Å². The standard InChI is InChI=1S/C27H26N2O5/c1-17(15-24(30)29-25(26(31)32)18-9-3-2-4-10-18)28-27(33)34-16-23-21-13-7-5-11-19(21)20-12-6-8-14-22(20)23/h2-14,17,23,25H,15-16H2,1H3,(H,28,33)(H,29,30)(H,31,32)/t17-,25?/m1/s1. The molecule has 1 unspecified atom stereocenters. The van der Waals surface area contributed by atoms with Gasteiger partial charge in [-0.2, -0.15) is 0 Å². The smallest absolute Gasteiger partial charge is 0.407 e. The highest BCUT2D eigenvalue weighted by atomic mass is 16.5. The van der Waals surface area contributed by atoms with Crippen LogP contribution < -0.4 is 10.6 Å². The second-order valence-electron chi connectivity index (χ2n) is 8.32. The maximum atomic E-state index is 12.4. The van der Waals surface area contributed by atoms with Crippen LogP contribution in [0, 0.1) is 0 Å². The normalized spacial score (nSPS) is 13.8. The average Bonchev–Trinajstić information content (AvgIpc) is 3.15. The van der Waals surface area contributed by atoms with E-state index in [-0.39, 0.29) is 18.9 Å². The van der Waals surface area contributed by atoms with Gasteiger partial charge < -0.3 is 20.5 Å². The maximum absolute atomic E-state index is 12.4. The topological polar surface area (TPSA) is 105 Å². The molecule has 3 aromatic carbocycles. The number of alkyl carbamates (subject to hydrolysis) is 1. The number of benzene rings is 3. The number of aliphatic carboxylic acids is 1. The van der Waals surface area contributed by atoms with Crippen molar-refractivity contribution in [2.45, 2.75) is 31.3 Å². The van der Waals surface area contributed by atoms with Crippen molar-refractivity contribution in [3.05, 3.63) is 95.6 Å². The number of rotatable bonds is 8. The molecule has 7 heteroatoms. The molecule has 0 aromatic heterocycles. The van der Waals surface area contributed by atoms with Gasteiger partial charge in [-0.25, -0.2) is 9.59 Å². The molecule has 0 aliphatic heterocycles. The van der Waals surface area contributed by atoms with Crippen molar-refractivity contribution in [1.29, 1.82) is 0 Å². The van der Waals surface area contributed by atoms with Crippen molar-refractivity contribution in [2.24, 2.45) is 0 Å². The number of fused-ring (bicyclic) bond motifs is 3. The Morgan fingerprint density at radius 3 is 2.00 bits per heavy atom. The largest absolute Gasteiger partial charge is 0.479 e. The molecule has 4 rings (SSSR count). The average molecular weight is 459 g/mol. The third-order valence-electron chi connectivity index (χ3n) is 5.88. The number of hydrogen-bond donors (Lipinski definition) is 3. The lowest BCUT2D eigenvalue weighted by molar-refractivity contribution is -0.142. The Morgan fingerprint density at radius 2 is 1.41 bits per heavy atom. The molecule has 0 saturated carbocycles. The summed E-state index contributed by atoms with van der Waals surface area (Å²) in [5.74, 6) is -1.70. The number of carboxylic acids is 1. The Hall–Kier alpha value is -4.13. The molecular weight excluding hydrogens is 432 g/mol. The summed E-state index contributed by atoms with van der Waals surface area (Å²) in [4.78, 5) is 36.4. The summed E-state index contributed by atoms with van der Waals surface area (Å²) in [5.41, 5.74) is 4.99. The molecule has 0 saturated heterocycles. The molecular formula is C27H26N2O5. The van der Waals surface area contributed by atoms with Crippen LogP contribution in [0.1, 0.15) is 42.0 Å². The van der Waals surface area contributed by atoms with Crippen molar-refractivity contribution in [1.82, 2.24) is 10.6 Å². The van der Waals surface area contributed by atoms with E-state index in [1.54, 1.807) is 37.3 Å². The first kappa shape index (κ1) is 23.0. The second-order valence-corrected chi connectivity index (χ2v) is 8.32. The Balaban J connectivity index is 1.31. The molecule has 2 amide bonds. The zero-order chi connectivity index (χ0) is 24.1. The lowest BCUT2D eigenvalue weighted by Gasteiger charge is -2.19. The van der Waals surface area contributed by atoms with Gasteiger partial charge in [0.25, 0.3) is 0 Å². The predicted octanol–water partition coefficient (Wildman–Crippen LogP) is 4.25. The fourth-order valence-corrected chi connectivity index (χ4v) is 4.32. The van der Waals surface area contributed by atoms with Gasteiger partial charge >= 0.3 is 12.1 Å². The van der Waals surface area contributed by atoms with Gasteiger partial charge in [-0.1, -0.05) is 78.9 Å². The van der Waals surface area contributed by atoms with E-state index >= 15 is 0 Å². The molecule has 1 aliphatic carbocycles. The van der Waals surface area contributed by atoms with Crippen LogP contribution in [-0.2, 0) is 14.3 Å². The summed E-state index contributed by atoms with van der Waals surface area (Å²) >= 11 is 0. The quantitative estimate of drug-likeness (QED) is 0.468. The molecule has 3 N–H and O–H groups in total. The highest BCUT2D eigenvalue weighted by Gasteiger charge is 2.29. The second kappa shape index (κ2) is 10.2. The first-order valence-corrected chi connectivity index (χ1v) is 11.1. The zero-order valence-electron chi connectivity index (χ0n) is 18.7. The number of carboxylic acid groups (broad SMARTS) is 1. The predicted molar refractivity (Wildman–Crippen MR) is 127 cm³/mol. The zero-order valence-corrected chi connectivity index (χ0v) is 18.7. The molecule has 1 aliphatic rings. The van der Waals surface area contributed by atoms with Crippen LogP contribution in [0.3, 0.4) is 0 Å². The van der Waals surface area contributed by atoms with Gasteiger partial charge in [0.2, 0.25) is 5.91 Å². The highest BCUT2D eigenvalue weighted by Crippen LogP contribution is 2.44. The van der Waals surface area contributed by atoms with Crippen molar-refractivity contribution in [3.8, 4) is 11.1 Å². The Kier molecular flexibility index (Phi) is 6.92. The molecule has 0 spiro atoms. The Morgan fingerprint density at radius 1 is 0.853 bits per heavy atom. The van der Waals surface area contributed by atoms with E-state index in [0.29, 0.717) is 5.56 Å². The summed E-state index contributed by atoms with van der Waals surface area (Å²) in [6, 6.07) is 22.9. The van der Waals surface area contributed by atoms with Gasteiger partial charge in [-0.3, -0.25) is 4.79 Å². The summed E-state index contributed by atoms with van der Waals surface area (Å²) in [5, 5.41) is 14.6. The molecule has 0 bridgehead atoms. The number of carbonyl (C=O) groups is 3. The van der Waals surface area contributed by atoms with Crippen molar-refractivity contribution in [2.75, 3.05) is 6.61 Å². The SMILES string of the molecule is C[C@H](CC(=O)NC(C(=O)O)c1ccccc1)NC(=O)OCC1c2ccccc2-c2ccccc21. The van der Waals surface area contributed by atoms with Crippen LogP contribution in [0.5, 0.6) is 0 Å². The number of hydrogen-bond acceptors (Lipinski definition) is 4. The third kappa shape index (κ3) is 5.09. The minimum atomic E-state index is -1.16. The Bertz CT molecular complexity index is 1150. The molecule has 7 nitrogen and oxygen atoms in total. The molecule has 0 fully saturated rings. The third-order valence-corrected chi connectivity index (χ3v) is 5.88. The minimum Gasteiger partial charge on any atom is -0.479 e. The van der Waals surface area contributed by atoms with Gasteiger partial charge in [-0.05, 0) is 34.7 Å². The van der Waals surface area contributed by atoms with Gasteiger partial charge in [0, 0.05) is 18.4 Å². The number of ether oxygens (including phenoxy) is 1. The van der Waals surface area contributed by atoms with Crippen molar-refractivity contribution in [3.63, 3.8) is 0 Å². The minimum absolute atomic E-state index is 0.0565. The van der Waals surface area contributed by atoms with E-state index in [2.05, 4.69) is 22.8 Å². The van der Waals surface area contributed by atoms with E-state index < -0.39 is 30.1 Å². The van der Waals surface area contributed by atoms with E-state index in [4.69, 9.17) is 4.74 Å². The molecule has 0 heterocycles. The van der Waals surface area contributed by atoms with Gasteiger partial charge in [-0.15, -0.1) is 0 Å².